The summed E-state index contributed by atoms with van der Waals surface area (Å²) < 4.78 is 0. The number of nitrogens with zero attached hydrogens (tertiary/aromatic N) is 2. The summed E-state index contributed by atoms with van der Waals surface area (Å²) in [5.41, 5.74) is 2.74. The largest absolute Gasteiger partial charge is 0.369 e. The number of piperazine rings is 1. The van der Waals surface area contributed by atoms with Crippen LogP contribution >= 0.6 is 0 Å². The molecule has 1 unspecified atom stereocenters. The van der Waals surface area contributed by atoms with E-state index in [0.29, 0.717) is 6.04 Å². The van der Waals surface area contributed by atoms with Crippen LogP contribution in [-0.4, -0.2) is 50.7 Å². The molecule has 3 nitrogen and oxygen atoms in total. The Hall–Kier alpha value is -1.06. The average molecular weight is 275 g/mol. The maximum atomic E-state index is 3.31. The molecule has 2 rings (SSSR count). The Morgan fingerprint density at radius 2 is 1.95 bits per heavy atom. The van der Waals surface area contributed by atoms with E-state index in [9.17, 15) is 0 Å². The Morgan fingerprint density at radius 1 is 1.20 bits per heavy atom. The second-order valence-electron chi connectivity index (χ2n) is 6.00. The fourth-order valence-electron chi connectivity index (χ4n) is 2.82. The molecule has 1 saturated heterocycles. The average Bonchev–Trinajstić information content (AvgIpc) is 2.48. The van der Waals surface area contributed by atoms with Gasteiger partial charge in [0.1, 0.15) is 0 Å². The fraction of sp³-hybridized carbons (Fsp3) is 0.647. The van der Waals surface area contributed by atoms with Crippen LogP contribution < -0.4 is 10.2 Å². The Balaban J connectivity index is 1.72. The number of anilines is 1. The molecule has 3 heteroatoms. The first kappa shape index (κ1) is 15.3. The minimum atomic E-state index is 0.642. The van der Waals surface area contributed by atoms with Crippen LogP contribution in [0.3, 0.4) is 0 Å². The summed E-state index contributed by atoms with van der Waals surface area (Å²) in [6.07, 6.45) is 2.57. The van der Waals surface area contributed by atoms with Crippen molar-refractivity contribution in [1.29, 1.82) is 0 Å². The minimum absolute atomic E-state index is 0.642. The standard InChI is InChI=1S/C17H29N3/c1-15-6-4-8-17(14-15)20-12-10-19(11-13-20)9-5-7-16(2)18-3/h4,6,8,14,16,18H,5,7,9-13H2,1-3H3. The molecule has 1 heterocycles. The van der Waals surface area contributed by atoms with Crippen LogP contribution in [0.5, 0.6) is 0 Å². The predicted octanol–water partition coefficient (Wildman–Crippen LogP) is 2.51. The van der Waals surface area contributed by atoms with Gasteiger partial charge in [0, 0.05) is 37.9 Å². The van der Waals surface area contributed by atoms with Crippen molar-refractivity contribution in [3.05, 3.63) is 29.8 Å². The normalized spacial score (nSPS) is 18.2. The van der Waals surface area contributed by atoms with Crippen LogP contribution in [-0.2, 0) is 0 Å². The number of hydrogen-bond donors (Lipinski definition) is 1. The first-order valence-corrected chi connectivity index (χ1v) is 7.90. The van der Waals surface area contributed by atoms with Crippen LogP contribution in [0.1, 0.15) is 25.3 Å². The number of rotatable bonds is 6. The van der Waals surface area contributed by atoms with Crippen molar-refractivity contribution < 1.29 is 0 Å². The van der Waals surface area contributed by atoms with Gasteiger partial charge >= 0.3 is 0 Å². The maximum absolute atomic E-state index is 3.31. The lowest BCUT2D eigenvalue weighted by molar-refractivity contribution is 0.249. The Morgan fingerprint density at radius 3 is 2.60 bits per heavy atom. The zero-order valence-electron chi connectivity index (χ0n) is 13.2. The molecule has 1 N–H and O–H groups in total. The number of hydrogen-bond acceptors (Lipinski definition) is 3. The van der Waals surface area contributed by atoms with Crippen molar-refractivity contribution in [3.8, 4) is 0 Å². The van der Waals surface area contributed by atoms with Crippen LogP contribution in [0.25, 0.3) is 0 Å². The van der Waals surface area contributed by atoms with Crippen LogP contribution in [0.4, 0.5) is 5.69 Å². The van der Waals surface area contributed by atoms with Crippen molar-refractivity contribution in [2.45, 2.75) is 32.7 Å². The molecule has 1 aromatic rings. The highest BCUT2D eigenvalue weighted by atomic mass is 15.3. The lowest BCUT2D eigenvalue weighted by Gasteiger charge is -2.36. The second-order valence-corrected chi connectivity index (χ2v) is 6.00. The SMILES string of the molecule is CNC(C)CCCN1CCN(c2cccc(C)c2)CC1. The van der Waals surface area contributed by atoms with Crippen molar-refractivity contribution in [3.63, 3.8) is 0 Å². The van der Waals surface area contributed by atoms with Crippen molar-refractivity contribution in [1.82, 2.24) is 10.2 Å². The van der Waals surface area contributed by atoms with Gasteiger partial charge in [0.2, 0.25) is 0 Å². The van der Waals surface area contributed by atoms with E-state index >= 15 is 0 Å². The van der Waals surface area contributed by atoms with Crippen molar-refractivity contribution >= 4 is 5.69 Å². The number of nitrogens with one attached hydrogen (secondary N) is 1. The molecule has 0 aliphatic carbocycles. The van der Waals surface area contributed by atoms with Gasteiger partial charge in [-0.15, -0.1) is 0 Å². The van der Waals surface area contributed by atoms with Crippen molar-refractivity contribution in [2.24, 2.45) is 0 Å². The van der Waals surface area contributed by atoms with Gasteiger partial charge in [0.15, 0.2) is 0 Å². The molecule has 1 aliphatic heterocycles. The summed E-state index contributed by atoms with van der Waals surface area (Å²) in [6.45, 7) is 10.4. The third-order valence-corrected chi connectivity index (χ3v) is 4.34. The molecule has 1 aromatic carbocycles. The molecule has 112 valence electrons. The van der Waals surface area contributed by atoms with E-state index in [1.165, 1.54) is 43.7 Å². The van der Waals surface area contributed by atoms with Crippen molar-refractivity contribution in [2.75, 3.05) is 44.7 Å². The minimum Gasteiger partial charge on any atom is -0.369 e. The lowest BCUT2D eigenvalue weighted by atomic mass is 10.1. The summed E-state index contributed by atoms with van der Waals surface area (Å²) in [5, 5.41) is 3.31. The molecule has 0 amide bonds. The Labute approximate surface area is 124 Å². The highest BCUT2D eigenvalue weighted by Gasteiger charge is 2.16. The van der Waals surface area contributed by atoms with Gasteiger partial charge in [-0.05, 0) is 58.0 Å². The molecule has 1 aliphatic rings. The number of benzene rings is 1. The lowest BCUT2D eigenvalue weighted by Crippen LogP contribution is -2.46. The van der Waals surface area contributed by atoms with Crippen LogP contribution in [0, 0.1) is 6.92 Å². The van der Waals surface area contributed by atoms with Gasteiger partial charge in [0.25, 0.3) is 0 Å². The summed E-state index contributed by atoms with van der Waals surface area (Å²) in [5.74, 6) is 0. The van der Waals surface area contributed by atoms with Gasteiger partial charge in [-0.2, -0.15) is 0 Å². The summed E-state index contributed by atoms with van der Waals surface area (Å²) >= 11 is 0. The molecule has 0 bridgehead atoms. The maximum Gasteiger partial charge on any atom is 0.0369 e. The third kappa shape index (κ3) is 4.50. The molecule has 20 heavy (non-hydrogen) atoms. The molecule has 0 spiro atoms. The van der Waals surface area contributed by atoms with E-state index in [4.69, 9.17) is 0 Å². The van der Waals surface area contributed by atoms with Gasteiger partial charge in [0.05, 0.1) is 0 Å². The van der Waals surface area contributed by atoms with E-state index in [1.807, 2.05) is 7.05 Å². The van der Waals surface area contributed by atoms with E-state index < -0.39 is 0 Å². The summed E-state index contributed by atoms with van der Waals surface area (Å²) in [4.78, 5) is 5.12. The topological polar surface area (TPSA) is 18.5 Å². The van der Waals surface area contributed by atoms with Gasteiger partial charge in [-0.25, -0.2) is 0 Å². The molecule has 0 radical (unpaired) electrons. The molecular weight excluding hydrogens is 246 g/mol. The van der Waals surface area contributed by atoms with E-state index in [-0.39, 0.29) is 0 Å². The van der Waals surface area contributed by atoms with Gasteiger partial charge in [-0.3, -0.25) is 4.90 Å². The zero-order chi connectivity index (χ0) is 14.4. The fourth-order valence-corrected chi connectivity index (χ4v) is 2.82. The van der Waals surface area contributed by atoms with E-state index in [0.717, 1.165) is 13.1 Å². The van der Waals surface area contributed by atoms with Crippen LogP contribution in [0.15, 0.2) is 24.3 Å². The van der Waals surface area contributed by atoms with E-state index in [1.54, 1.807) is 0 Å². The molecule has 0 saturated carbocycles. The summed E-state index contributed by atoms with van der Waals surface area (Å²) in [6, 6.07) is 9.50. The predicted molar refractivity (Wildman–Crippen MR) is 87.6 cm³/mol. The zero-order valence-corrected chi connectivity index (χ0v) is 13.2. The number of aryl methyl sites for hydroxylation is 1. The Kier molecular flexibility index (Phi) is 5.86. The quantitative estimate of drug-likeness (QED) is 0.860. The van der Waals surface area contributed by atoms with Gasteiger partial charge < -0.3 is 10.2 Å². The summed E-state index contributed by atoms with van der Waals surface area (Å²) in [7, 11) is 2.05. The van der Waals surface area contributed by atoms with Gasteiger partial charge in [-0.1, -0.05) is 12.1 Å². The second kappa shape index (κ2) is 7.65. The smallest absolute Gasteiger partial charge is 0.0369 e. The molecule has 1 fully saturated rings. The molecule has 0 aromatic heterocycles. The monoisotopic (exact) mass is 275 g/mol. The molecule has 1 atom stereocenters. The third-order valence-electron chi connectivity index (χ3n) is 4.34. The first-order valence-electron chi connectivity index (χ1n) is 7.90. The highest BCUT2D eigenvalue weighted by molar-refractivity contribution is 5.48. The first-order chi connectivity index (χ1) is 9.69. The van der Waals surface area contributed by atoms with Crippen LogP contribution in [0.2, 0.25) is 0 Å². The van der Waals surface area contributed by atoms with E-state index in [2.05, 4.69) is 53.2 Å². The highest BCUT2D eigenvalue weighted by Crippen LogP contribution is 2.17. The molecular formula is C17H29N3. The Bertz CT molecular complexity index is 397.